The van der Waals surface area contributed by atoms with Crippen molar-refractivity contribution >= 4 is 11.8 Å². The molecule has 1 aromatic rings. The number of hydrogen-bond acceptors (Lipinski definition) is 6. The highest BCUT2D eigenvalue weighted by molar-refractivity contribution is 5.68. The Kier molecular flexibility index (Phi) is 6.87. The van der Waals surface area contributed by atoms with Crippen LogP contribution in [0.4, 0.5) is 10.5 Å². The van der Waals surface area contributed by atoms with Crippen molar-refractivity contribution in [3.8, 4) is 5.88 Å². The third kappa shape index (κ3) is 6.78. The molecule has 1 unspecified atom stereocenters. The zero-order valence-corrected chi connectivity index (χ0v) is 15.6. The van der Waals surface area contributed by atoms with Crippen molar-refractivity contribution in [2.45, 2.75) is 45.3 Å². The van der Waals surface area contributed by atoms with Gasteiger partial charge in [-0.1, -0.05) is 0 Å². The molecule has 0 radical (unpaired) electrons. The minimum Gasteiger partial charge on any atom is -0.475 e. The van der Waals surface area contributed by atoms with Crippen LogP contribution in [0.2, 0.25) is 0 Å². The fourth-order valence-corrected chi connectivity index (χ4v) is 2.60. The number of amides is 1. The van der Waals surface area contributed by atoms with Crippen LogP contribution in [0.5, 0.6) is 5.88 Å². The monoisotopic (exact) mass is 351 g/mol. The highest BCUT2D eigenvalue weighted by Crippen LogP contribution is 2.19. The lowest BCUT2D eigenvalue weighted by Crippen LogP contribution is -2.46. The summed E-state index contributed by atoms with van der Waals surface area (Å²) in [6.45, 7) is 8.01. The first-order valence-electron chi connectivity index (χ1n) is 8.69. The van der Waals surface area contributed by atoms with Gasteiger partial charge in [-0.2, -0.15) is 0 Å². The van der Waals surface area contributed by atoms with Crippen LogP contribution in [-0.4, -0.2) is 61.0 Å². The number of ether oxygens (including phenoxy) is 3. The van der Waals surface area contributed by atoms with Gasteiger partial charge in [0.05, 0.1) is 18.5 Å². The van der Waals surface area contributed by atoms with Gasteiger partial charge in [-0.3, -0.25) is 0 Å². The maximum absolute atomic E-state index is 12.2. The number of nitrogens with one attached hydrogen (secondary N) is 1. The van der Waals surface area contributed by atoms with E-state index in [-0.39, 0.29) is 12.1 Å². The minimum absolute atomic E-state index is 0.184. The van der Waals surface area contributed by atoms with Gasteiger partial charge in [-0.15, -0.1) is 0 Å². The molecule has 2 rings (SSSR count). The van der Waals surface area contributed by atoms with Crippen LogP contribution < -0.4 is 10.1 Å². The molecule has 1 aliphatic rings. The van der Waals surface area contributed by atoms with Gasteiger partial charge in [0.1, 0.15) is 12.2 Å². The van der Waals surface area contributed by atoms with E-state index in [4.69, 9.17) is 14.2 Å². The Labute approximate surface area is 149 Å². The molecule has 140 valence electrons. The third-order valence-electron chi connectivity index (χ3n) is 3.72. The second-order valence-corrected chi connectivity index (χ2v) is 7.14. The first-order chi connectivity index (χ1) is 11.9. The second kappa shape index (κ2) is 8.89. The predicted molar refractivity (Wildman–Crippen MR) is 96.1 cm³/mol. The highest BCUT2D eigenvalue weighted by Gasteiger charge is 2.27. The van der Waals surface area contributed by atoms with Crippen molar-refractivity contribution in [3.63, 3.8) is 0 Å². The molecule has 1 N–H and O–H groups in total. The Bertz CT molecular complexity index is 542. The van der Waals surface area contributed by atoms with Crippen LogP contribution in [0, 0.1) is 0 Å². The van der Waals surface area contributed by atoms with Gasteiger partial charge in [-0.05, 0) is 39.7 Å². The SMILES string of the molecule is COCCOc1ccc(NC2CCCN(C(=O)OC(C)(C)C)C2)cn1. The van der Waals surface area contributed by atoms with E-state index in [9.17, 15) is 4.79 Å². The second-order valence-electron chi connectivity index (χ2n) is 7.14. The lowest BCUT2D eigenvalue weighted by atomic mass is 10.1. The van der Waals surface area contributed by atoms with Crippen LogP contribution in [0.1, 0.15) is 33.6 Å². The summed E-state index contributed by atoms with van der Waals surface area (Å²) >= 11 is 0. The van der Waals surface area contributed by atoms with Crippen molar-refractivity contribution in [2.75, 3.05) is 38.7 Å². The van der Waals surface area contributed by atoms with Crippen molar-refractivity contribution < 1.29 is 19.0 Å². The van der Waals surface area contributed by atoms with E-state index < -0.39 is 5.60 Å². The van der Waals surface area contributed by atoms with Crippen molar-refractivity contribution in [3.05, 3.63) is 18.3 Å². The maximum Gasteiger partial charge on any atom is 0.410 e. The zero-order valence-electron chi connectivity index (χ0n) is 15.6. The molecule has 0 spiro atoms. The fraction of sp³-hybridized carbons (Fsp3) is 0.667. The topological polar surface area (TPSA) is 72.9 Å². The molecule has 1 aliphatic heterocycles. The lowest BCUT2D eigenvalue weighted by Gasteiger charge is -2.34. The predicted octanol–water partition coefficient (Wildman–Crippen LogP) is 2.92. The molecule has 1 fully saturated rings. The van der Waals surface area contributed by atoms with Crippen LogP contribution in [-0.2, 0) is 9.47 Å². The first kappa shape index (κ1) is 19.3. The number of piperidine rings is 1. The number of methoxy groups -OCH3 is 1. The number of likely N-dealkylation sites (tertiary alicyclic amines) is 1. The van der Waals surface area contributed by atoms with Crippen LogP contribution in [0.3, 0.4) is 0 Å². The van der Waals surface area contributed by atoms with Crippen LogP contribution in [0.15, 0.2) is 18.3 Å². The van der Waals surface area contributed by atoms with Gasteiger partial charge in [0.15, 0.2) is 0 Å². The molecule has 2 heterocycles. The Morgan fingerprint density at radius 2 is 2.16 bits per heavy atom. The molecule has 7 nitrogen and oxygen atoms in total. The molecule has 0 aliphatic carbocycles. The number of carbonyl (C=O) groups is 1. The standard InChI is InChI=1S/C18H29N3O4/c1-18(2,3)25-17(22)21-9-5-6-15(13-21)20-14-7-8-16(19-12-14)24-11-10-23-4/h7-8,12,15,20H,5-6,9-11,13H2,1-4H3. The third-order valence-corrected chi connectivity index (χ3v) is 3.72. The van der Waals surface area contributed by atoms with Gasteiger partial charge in [0.2, 0.25) is 5.88 Å². The van der Waals surface area contributed by atoms with E-state index in [0.29, 0.717) is 25.6 Å². The minimum atomic E-state index is -0.472. The Morgan fingerprint density at radius 3 is 2.80 bits per heavy atom. The molecule has 7 heteroatoms. The number of carbonyl (C=O) groups excluding carboxylic acids is 1. The summed E-state index contributed by atoms with van der Waals surface area (Å²) in [6.07, 6.45) is 3.45. The van der Waals surface area contributed by atoms with E-state index in [2.05, 4.69) is 10.3 Å². The number of pyridine rings is 1. The van der Waals surface area contributed by atoms with Crippen LogP contribution >= 0.6 is 0 Å². The molecular weight excluding hydrogens is 322 g/mol. The highest BCUT2D eigenvalue weighted by atomic mass is 16.6. The quantitative estimate of drug-likeness (QED) is 0.795. The van der Waals surface area contributed by atoms with Gasteiger partial charge in [0.25, 0.3) is 0 Å². The molecule has 1 atom stereocenters. The molecule has 1 amide bonds. The molecule has 0 saturated carbocycles. The van der Waals surface area contributed by atoms with Gasteiger partial charge in [-0.25, -0.2) is 9.78 Å². The Balaban J connectivity index is 1.84. The Hall–Kier alpha value is -2.02. The summed E-state index contributed by atoms with van der Waals surface area (Å²) in [5, 5.41) is 3.43. The number of aromatic nitrogens is 1. The van der Waals surface area contributed by atoms with Gasteiger partial charge < -0.3 is 24.4 Å². The number of anilines is 1. The maximum atomic E-state index is 12.2. The van der Waals surface area contributed by atoms with E-state index in [1.54, 1.807) is 18.2 Å². The summed E-state index contributed by atoms with van der Waals surface area (Å²) in [6, 6.07) is 3.94. The fourth-order valence-electron chi connectivity index (χ4n) is 2.60. The lowest BCUT2D eigenvalue weighted by molar-refractivity contribution is 0.0206. The van der Waals surface area contributed by atoms with E-state index in [1.165, 1.54) is 0 Å². The molecule has 25 heavy (non-hydrogen) atoms. The first-order valence-corrected chi connectivity index (χ1v) is 8.69. The summed E-state index contributed by atoms with van der Waals surface area (Å²) in [4.78, 5) is 18.3. The molecule has 1 aromatic heterocycles. The average Bonchev–Trinajstić information content (AvgIpc) is 2.55. The van der Waals surface area contributed by atoms with E-state index in [1.807, 2.05) is 32.9 Å². The number of hydrogen-bond donors (Lipinski definition) is 1. The van der Waals surface area contributed by atoms with Crippen molar-refractivity contribution in [2.24, 2.45) is 0 Å². The van der Waals surface area contributed by atoms with Gasteiger partial charge >= 0.3 is 6.09 Å². The molecule has 0 aromatic carbocycles. The van der Waals surface area contributed by atoms with Crippen LogP contribution in [0.25, 0.3) is 0 Å². The molecule has 0 bridgehead atoms. The van der Waals surface area contributed by atoms with E-state index in [0.717, 1.165) is 25.1 Å². The van der Waals surface area contributed by atoms with E-state index >= 15 is 0 Å². The summed E-state index contributed by atoms with van der Waals surface area (Å²) < 4.78 is 15.9. The van der Waals surface area contributed by atoms with Crippen molar-refractivity contribution in [1.29, 1.82) is 0 Å². The zero-order chi connectivity index (χ0) is 18.3. The number of rotatable bonds is 6. The summed E-state index contributed by atoms with van der Waals surface area (Å²) in [7, 11) is 1.63. The molecule has 1 saturated heterocycles. The van der Waals surface area contributed by atoms with Gasteiger partial charge in [0, 0.05) is 32.3 Å². The van der Waals surface area contributed by atoms with Crippen molar-refractivity contribution in [1.82, 2.24) is 9.88 Å². The molecular formula is C18H29N3O4. The smallest absolute Gasteiger partial charge is 0.410 e. The number of nitrogens with zero attached hydrogens (tertiary/aromatic N) is 2. The normalized spacial score (nSPS) is 17.9. The summed E-state index contributed by atoms with van der Waals surface area (Å²) in [5.74, 6) is 0.571. The summed E-state index contributed by atoms with van der Waals surface area (Å²) in [5.41, 5.74) is 0.440. The largest absolute Gasteiger partial charge is 0.475 e. The average molecular weight is 351 g/mol. The Morgan fingerprint density at radius 1 is 1.36 bits per heavy atom.